The van der Waals surface area contributed by atoms with E-state index >= 15 is 4.39 Å². The van der Waals surface area contributed by atoms with E-state index in [1.54, 1.807) is 0 Å². The maximum Gasteiger partial charge on any atom is 0.525 e. The van der Waals surface area contributed by atoms with Crippen molar-refractivity contribution in [1.82, 2.24) is 4.57 Å². The lowest BCUT2D eigenvalue weighted by Gasteiger charge is -2.32. The molecule has 0 radical (unpaired) electrons. The van der Waals surface area contributed by atoms with Crippen LogP contribution in [0, 0.1) is 0 Å². The number of halogens is 1. The van der Waals surface area contributed by atoms with Gasteiger partial charge in [-0.2, -0.15) is 0 Å². The molecule has 4 rings (SSSR count). The fraction of sp³-hybridized carbons (Fsp3) is 0.304. The third kappa shape index (κ3) is 3.40. The van der Waals surface area contributed by atoms with Gasteiger partial charge in [0.05, 0.1) is 11.2 Å². The van der Waals surface area contributed by atoms with Crippen molar-refractivity contribution in [1.29, 1.82) is 0 Å². The third-order valence-corrected chi connectivity index (χ3v) is 5.79. The fourth-order valence-electron chi connectivity index (χ4n) is 3.47. The Labute approximate surface area is 165 Å². The zero-order chi connectivity index (χ0) is 19.9. The molecule has 2 aromatic carbocycles. The summed E-state index contributed by atoms with van der Waals surface area (Å²) in [6.45, 7) is 8.42. The predicted molar refractivity (Wildman–Crippen MR) is 113 cm³/mol. The van der Waals surface area contributed by atoms with Crippen molar-refractivity contribution in [2.45, 2.75) is 45.4 Å². The zero-order valence-corrected chi connectivity index (χ0v) is 16.8. The molecule has 0 atom stereocenters. The highest BCUT2D eigenvalue weighted by Gasteiger charge is 2.53. The molecule has 0 N–H and O–H groups in total. The standard InChI is InChI=1S/C23H25BFNO2/c1-22(2)23(3,4)28-24(27-22)21(25)14-18-16-26(15-17-10-6-5-7-11-17)20-13-9-8-12-19(18)20/h5-14,16H,15H2,1-4H3. The maximum atomic E-state index is 15.0. The van der Waals surface area contributed by atoms with Gasteiger partial charge >= 0.3 is 7.12 Å². The van der Waals surface area contributed by atoms with E-state index in [1.807, 2.05) is 70.3 Å². The molecular weight excluding hydrogens is 352 g/mol. The van der Waals surface area contributed by atoms with Gasteiger partial charge in [-0.25, -0.2) is 4.39 Å². The molecule has 3 aromatic rings. The van der Waals surface area contributed by atoms with Crippen LogP contribution in [0.4, 0.5) is 4.39 Å². The molecule has 2 heterocycles. The lowest BCUT2D eigenvalue weighted by Crippen LogP contribution is -2.41. The molecule has 0 aliphatic carbocycles. The molecule has 1 aliphatic rings. The molecule has 5 heteroatoms. The highest BCUT2D eigenvalue weighted by Crippen LogP contribution is 2.39. The van der Waals surface area contributed by atoms with Crippen molar-refractivity contribution in [2.24, 2.45) is 0 Å². The minimum atomic E-state index is -0.985. The average Bonchev–Trinajstić information content (AvgIpc) is 3.10. The number of fused-ring (bicyclic) bond motifs is 1. The quantitative estimate of drug-likeness (QED) is 0.550. The molecule has 0 amide bonds. The summed E-state index contributed by atoms with van der Waals surface area (Å²) in [5, 5.41) is 1.00. The zero-order valence-electron chi connectivity index (χ0n) is 16.8. The third-order valence-electron chi connectivity index (χ3n) is 5.79. The number of hydrogen-bond donors (Lipinski definition) is 0. The van der Waals surface area contributed by atoms with Crippen LogP contribution >= 0.6 is 0 Å². The number of aromatic nitrogens is 1. The minimum absolute atomic E-state index is 0.415. The Hall–Kier alpha value is -2.37. The summed E-state index contributed by atoms with van der Waals surface area (Å²) in [5.41, 5.74) is 1.54. The average molecular weight is 377 g/mol. The SMILES string of the molecule is CC1(C)OB(C(F)=Cc2cn(Cc3ccccc3)c3ccccc23)OC1(C)C. The van der Waals surface area contributed by atoms with Crippen molar-refractivity contribution in [3.63, 3.8) is 0 Å². The highest BCUT2D eigenvalue weighted by atomic mass is 19.1. The normalized spacial score (nSPS) is 18.8. The van der Waals surface area contributed by atoms with E-state index in [2.05, 4.69) is 22.8 Å². The Kier molecular flexibility index (Phi) is 4.68. The first-order valence-electron chi connectivity index (χ1n) is 9.61. The molecule has 144 valence electrons. The van der Waals surface area contributed by atoms with Gasteiger partial charge < -0.3 is 13.9 Å². The van der Waals surface area contributed by atoms with E-state index < -0.39 is 24.0 Å². The monoisotopic (exact) mass is 377 g/mol. The number of rotatable bonds is 4. The van der Waals surface area contributed by atoms with Gasteiger partial charge in [-0.15, -0.1) is 0 Å². The summed E-state index contributed by atoms with van der Waals surface area (Å²) in [7, 11) is -0.985. The molecule has 1 aliphatic heterocycles. The Bertz CT molecular complexity index is 1010. The van der Waals surface area contributed by atoms with E-state index in [-0.39, 0.29) is 0 Å². The summed E-state index contributed by atoms with van der Waals surface area (Å²) in [6, 6.07) is 18.3. The van der Waals surface area contributed by atoms with Gasteiger partial charge in [0.1, 0.15) is 5.73 Å². The molecule has 1 aromatic heterocycles. The van der Waals surface area contributed by atoms with E-state index in [0.29, 0.717) is 0 Å². The lowest BCUT2D eigenvalue weighted by molar-refractivity contribution is 0.00578. The first-order chi connectivity index (χ1) is 13.3. The molecule has 0 spiro atoms. The Morgan fingerprint density at radius 2 is 1.57 bits per heavy atom. The number of para-hydroxylation sites is 1. The molecular formula is C23H25BFNO2. The minimum Gasteiger partial charge on any atom is -0.398 e. The van der Waals surface area contributed by atoms with Crippen molar-refractivity contribution >= 4 is 24.1 Å². The number of benzene rings is 2. The molecule has 0 saturated carbocycles. The van der Waals surface area contributed by atoms with Crippen LogP contribution in [0.25, 0.3) is 17.0 Å². The fourth-order valence-corrected chi connectivity index (χ4v) is 3.47. The van der Waals surface area contributed by atoms with Gasteiger partial charge in [0.2, 0.25) is 0 Å². The second-order valence-electron chi connectivity index (χ2n) is 8.33. The molecule has 3 nitrogen and oxygen atoms in total. The predicted octanol–water partition coefficient (Wildman–Crippen LogP) is 5.63. The van der Waals surface area contributed by atoms with Crippen molar-refractivity contribution in [3.8, 4) is 0 Å². The van der Waals surface area contributed by atoms with Gasteiger partial charge in [0.15, 0.2) is 0 Å². The van der Waals surface area contributed by atoms with Gasteiger partial charge in [-0.05, 0) is 45.4 Å². The maximum absolute atomic E-state index is 15.0. The lowest BCUT2D eigenvalue weighted by atomic mass is 9.87. The van der Waals surface area contributed by atoms with E-state index in [9.17, 15) is 0 Å². The molecule has 0 bridgehead atoms. The van der Waals surface area contributed by atoms with Gasteiger partial charge in [0, 0.05) is 29.2 Å². The van der Waals surface area contributed by atoms with Gasteiger partial charge in [-0.1, -0.05) is 48.5 Å². The summed E-state index contributed by atoms with van der Waals surface area (Å²) in [4.78, 5) is 0. The van der Waals surface area contributed by atoms with Crippen LogP contribution in [0.5, 0.6) is 0 Å². The van der Waals surface area contributed by atoms with Gasteiger partial charge in [0.25, 0.3) is 0 Å². The first-order valence-corrected chi connectivity index (χ1v) is 9.61. The Balaban J connectivity index is 1.69. The summed E-state index contributed by atoms with van der Waals surface area (Å²) >= 11 is 0. The Morgan fingerprint density at radius 1 is 0.964 bits per heavy atom. The first kappa shape index (κ1) is 19.0. The molecule has 28 heavy (non-hydrogen) atoms. The molecule has 0 unspecified atom stereocenters. The largest absolute Gasteiger partial charge is 0.525 e. The smallest absolute Gasteiger partial charge is 0.398 e. The number of hydrogen-bond acceptors (Lipinski definition) is 2. The van der Waals surface area contributed by atoms with E-state index in [1.165, 1.54) is 11.6 Å². The van der Waals surface area contributed by atoms with Crippen molar-refractivity contribution < 1.29 is 13.7 Å². The van der Waals surface area contributed by atoms with Crippen LogP contribution in [-0.4, -0.2) is 22.9 Å². The van der Waals surface area contributed by atoms with Crippen LogP contribution in [0.2, 0.25) is 0 Å². The second-order valence-corrected chi connectivity index (χ2v) is 8.33. The van der Waals surface area contributed by atoms with E-state index in [0.717, 1.165) is 23.0 Å². The topological polar surface area (TPSA) is 23.4 Å². The summed E-state index contributed by atoms with van der Waals surface area (Å²) < 4.78 is 28.9. The number of nitrogens with zero attached hydrogens (tertiary/aromatic N) is 1. The van der Waals surface area contributed by atoms with Crippen molar-refractivity contribution in [3.05, 3.63) is 77.6 Å². The van der Waals surface area contributed by atoms with E-state index in [4.69, 9.17) is 9.31 Å². The van der Waals surface area contributed by atoms with Crippen molar-refractivity contribution in [2.75, 3.05) is 0 Å². The van der Waals surface area contributed by atoms with Crippen LogP contribution < -0.4 is 0 Å². The summed E-state index contributed by atoms with van der Waals surface area (Å²) in [5.74, 6) is 0. The second kappa shape index (κ2) is 6.91. The van der Waals surface area contributed by atoms with Crippen LogP contribution in [0.3, 0.4) is 0 Å². The Morgan fingerprint density at radius 3 is 2.25 bits per heavy atom. The van der Waals surface area contributed by atoms with Crippen LogP contribution in [-0.2, 0) is 15.9 Å². The van der Waals surface area contributed by atoms with Crippen LogP contribution in [0.1, 0.15) is 38.8 Å². The van der Waals surface area contributed by atoms with Crippen LogP contribution in [0.15, 0.2) is 66.5 Å². The summed E-state index contributed by atoms with van der Waals surface area (Å²) in [6.07, 6.45) is 3.52. The highest BCUT2D eigenvalue weighted by molar-refractivity contribution is 6.54. The molecule has 1 fully saturated rings. The molecule has 1 saturated heterocycles. The van der Waals surface area contributed by atoms with Gasteiger partial charge in [-0.3, -0.25) is 0 Å².